The smallest absolute Gasteiger partial charge is 0.191 e. The minimum Gasteiger partial charge on any atom is -0.356 e. The quantitative estimate of drug-likeness (QED) is 0.464. The highest BCUT2D eigenvalue weighted by Crippen LogP contribution is 2.14. The van der Waals surface area contributed by atoms with E-state index in [-0.39, 0.29) is 0 Å². The van der Waals surface area contributed by atoms with Crippen LogP contribution in [0.1, 0.15) is 22.9 Å². The summed E-state index contributed by atoms with van der Waals surface area (Å²) in [7, 11) is 1.81. The zero-order chi connectivity index (χ0) is 18.9. The lowest BCUT2D eigenvalue weighted by molar-refractivity contribution is 0.562. The Labute approximate surface area is 165 Å². The van der Waals surface area contributed by atoms with Crippen LogP contribution in [0.25, 0.3) is 0 Å². The second kappa shape index (κ2) is 9.92. The van der Waals surface area contributed by atoms with E-state index >= 15 is 0 Å². The van der Waals surface area contributed by atoms with Crippen LogP contribution in [0.3, 0.4) is 0 Å². The van der Waals surface area contributed by atoms with Gasteiger partial charge in [-0.3, -0.25) is 9.67 Å². The number of benzene rings is 1. The summed E-state index contributed by atoms with van der Waals surface area (Å²) >= 11 is 1.82. The summed E-state index contributed by atoms with van der Waals surface area (Å²) in [5.74, 6) is 1.39. The molecular formula is C21H27N5S. The topological polar surface area (TPSA) is 54.2 Å². The third-order valence-corrected chi connectivity index (χ3v) is 5.33. The predicted octanol–water partition coefficient (Wildman–Crippen LogP) is 3.54. The average Bonchev–Trinajstić information content (AvgIpc) is 3.37. The van der Waals surface area contributed by atoms with Gasteiger partial charge >= 0.3 is 0 Å². The fourth-order valence-electron chi connectivity index (χ4n) is 2.97. The van der Waals surface area contributed by atoms with Crippen molar-refractivity contribution in [3.05, 3.63) is 76.2 Å². The Morgan fingerprint density at radius 2 is 2.00 bits per heavy atom. The molecule has 2 aromatic heterocycles. The van der Waals surface area contributed by atoms with Gasteiger partial charge in [0.2, 0.25) is 0 Å². The molecule has 0 aliphatic rings. The minimum absolute atomic E-state index is 0.550. The lowest BCUT2D eigenvalue weighted by Crippen LogP contribution is -2.39. The van der Waals surface area contributed by atoms with Crippen molar-refractivity contribution in [2.75, 3.05) is 13.6 Å². The van der Waals surface area contributed by atoms with Crippen LogP contribution in [0.2, 0.25) is 0 Å². The first-order chi connectivity index (χ1) is 13.2. The van der Waals surface area contributed by atoms with Crippen molar-refractivity contribution in [1.29, 1.82) is 0 Å². The summed E-state index contributed by atoms with van der Waals surface area (Å²) in [5, 5.41) is 13.3. The highest BCUT2D eigenvalue weighted by molar-refractivity contribution is 7.09. The van der Waals surface area contributed by atoms with E-state index < -0.39 is 0 Å². The van der Waals surface area contributed by atoms with Crippen LogP contribution in [0, 0.1) is 5.92 Å². The van der Waals surface area contributed by atoms with Crippen LogP contribution in [0.5, 0.6) is 0 Å². The third kappa shape index (κ3) is 5.96. The molecule has 0 saturated heterocycles. The van der Waals surface area contributed by atoms with Gasteiger partial charge in [-0.2, -0.15) is 5.10 Å². The number of aliphatic imine (C=N–C) groups is 1. The Bertz CT molecular complexity index is 824. The molecule has 6 heteroatoms. The maximum atomic E-state index is 4.36. The van der Waals surface area contributed by atoms with Gasteiger partial charge in [-0.25, -0.2) is 0 Å². The number of rotatable bonds is 8. The van der Waals surface area contributed by atoms with Crippen molar-refractivity contribution in [3.63, 3.8) is 0 Å². The SMILES string of the molecule is CN=C(NCc1ccccc1Cn1cccn1)NCC(C)Cc1cccs1. The average molecular weight is 382 g/mol. The Kier molecular flexibility index (Phi) is 7.04. The fourth-order valence-corrected chi connectivity index (χ4v) is 3.84. The van der Waals surface area contributed by atoms with E-state index in [0.717, 1.165) is 32.0 Å². The molecule has 0 aliphatic carbocycles. The molecule has 2 N–H and O–H groups in total. The van der Waals surface area contributed by atoms with E-state index in [9.17, 15) is 0 Å². The first-order valence-corrected chi connectivity index (χ1v) is 10.1. The van der Waals surface area contributed by atoms with Crippen LogP contribution in [0.4, 0.5) is 0 Å². The molecule has 27 heavy (non-hydrogen) atoms. The number of aromatic nitrogens is 2. The van der Waals surface area contributed by atoms with E-state index in [1.165, 1.54) is 16.0 Å². The molecule has 5 nitrogen and oxygen atoms in total. The number of hydrogen-bond acceptors (Lipinski definition) is 3. The maximum Gasteiger partial charge on any atom is 0.191 e. The van der Waals surface area contributed by atoms with Gasteiger partial charge in [0.25, 0.3) is 0 Å². The molecule has 1 atom stereocenters. The van der Waals surface area contributed by atoms with Crippen molar-refractivity contribution < 1.29 is 0 Å². The highest BCUT2D eigenvalue weighted by atomic mass is 32.1. The van der Waals surface area contributed by atoms with Gasteiger partial charge in [0.05, 0.1) is 6.54 Å². The van der Waals surface area contributed by atoms with E-state index in [0.29, 0.717) is 5.92 Å². The van der Waals surface area contributed by atoms with Crippen LogP contribution >= 0.6 is 11.3 Å². The minimum atomic E-state index is 0.550. The highest BCUT2D eigenvalue weighted by Gasteiger charge is 2.07. The normalized spacial score (nSPS) is 12.7. The molecule has 1 aromatic carbocycles. The molecule has 0 saturated carbocycles. The molecule has 0 aliphatic heterocycles. The molecule has 142 valence electrons. The van der Waals surface area contributed by atoms with E-state index in [4.69, 9.17) is 0 Å². The Hall–Kier alpha value is -2.60. The lowest BCUT2D eigenvalue weighted by atomic mass is 10.1. The van der Waals surface area contributed by atoms with Crippen molar-refractivity contribution >= 4 is 17.3 Å². The lowest BCUT2D eigenvalue weighted by Gasteiger charge is -2.17. The Morgan fingerprint density at radius 3 is 2.70 bits per heavy atom. The van der Waals surface area contributed by atoms with Gasteiger partial charge < -0.3 is 10.6 Å². The zero-order valence-electron chi connectivity index (χ0n) is 15.9. The van der Waals surface area contributed by atoms with Crippen molar-refractivity contribution in [1.82, 2.24) is 20.4 Å². The van der Waals surface area contributed by atoms with Crippen molar-refractivity contribution in [2.45, 2.75) is 26.4 Å². The van der Waals surface area contributed by atoms with Crippen LogP contribution in [-0.2, 0) is 19.5 Å². The third-order valence-electron chi connectivity index (χ3n) is 4.43. The molecule has 1 unspecified atom stereocenters. The summed E-state index contributed by atoms with van der Waals surface area (Å²) in [5.41, 5.74) is 2.51. The van der Waals surface area contributed by atoms with Gasteiger partial charge in [-0.15, -0.1) is 11.3 Å². The summed E-state index contributed by atoms with van der Waals surface area (Å²) in [4.78, 5) is 5.79. The van der Waals surface area contributed by atoms with Gasteiger partial charge in [0.1, 0.15) is 0 Å². The molecule has 3 rings (SSSR count). The monoisotopic (exact) mass is 381 g/mol. The standard InChI is InChI=1S/C21H27N5S/c1-17(13-20-9-5-12-27-20)14-23-21(22-2)24-15-18-7-3-4-8-19(18)16-26-11-6-10-25-26/h3-12,17H,13-16H2,1-2H3,(H2,22,23,24). The predicted molar refractivity (Wildman–Crippen MR) is 113 cm³/mol. The molecule has 0 spiro atoms. The second-order valence-corrected chi connectivity index (χ2v) is 7.70. The number of guanidine groups is 1. The number of thiophene rings is 1. The van der Waals surface area contributed by atoms with E-state index in [1.807, 2.05) is 41.5 Å². The summed E-state index contributed by atoms with van der Waals surface area (Å²) < 4.78 is 1.94. The van der Waals surface area contributed by atoms with Gasteiger partial charge in [-0.05, 0) is 41.0 Å². The van der Waals surface area contributed by atoms with Gasteiger partial charge in [0, 0.05) is 37.4 Å². The maximum absolute atomic E-state index is 4.36. The second-order valence-electron chi connectivity index (χ2n) is 6.67. The van der Waals surface area contributed by atoms with Crippen LogP contribution in [-0.4, -0.2) is 29.3 Å². The molecule has 0 amide bonds. The molecule has 3 aromatic rings. The van der Waals surface area contributed by atoms with Crippen LogP contribution in [0.15, 0.2) is 65.2 Å². The fraction of sp³-hybridized carbons (Fsp3) is 0.333. The van der Waals surface area contributed by atoms with Crippen LogP contribution < -0.4 is 10.6 Å². The number of hydrogen-bond donors (Lipinski definition) is 2. The molecular weight excluding hydrogens is 354 g/mol. The van der Waals surface area contributed by atoms with Crippen molar-refractivity contribution in [2.24, 2.45) is 10.9 Å². The first kappa shape index (κ1) is 19.2. The largest absolute Gasteiger partial charge is 0.356 e. The Morgan fingerprint density at radius 1 is 1.15 bits per heavy atom. The van der Waals surface area contributed by atoms with E-state index in [1.54, 1.807) is 0 Å². The van der Waals surface area contributed by atoms with Gasteiger partial charge in [0.15, 0.2) is 5.96 Å². The molecule has 0 bridgehead atoms. The molecule has 0 fully saturated rings. The van der Waals surface area contributed by atoms with Crippen molar-refractivity contribution in [3.8, 4) is 0 Å². The summed E-state index contributed by atoms with van der Waals surface area (Å²) in [6.07, 6.45) is 4.89. The molecule has 2 heterocycles. The first-order valence-electron chi connectivity index (χ1n) is 9.25. The number of nitrogens with zero attached hydrogens (tertiary/aromatic N) is 3. The van der Waals surface area contributed by atoms with Gasteiger partial charge in [-0.1, -0.05) is 37.3 Å². The zero-order valence-corrected chi connectivity index (χ0v) is 16.7. The molecule has 0 radical (unpaired) electrons. The summed E-state index contributed by atoms with van der Waals surface area (Å²) in [6, 6.07) is 14.7. The van der Waals surface area contributed by atoms with E-state index in [2.05, 4.69) is 69.4 Å². The Balaban J connectivity index is 1.50. The summed E-state index contributed by atoms with van der Waals surface area (Å²) in [6.45, 7) is 4.66. The number of nitrogens with one attached hydrogen (secondary N) is 2.